The van der Waals surface area contributed by atoms with Gasteiger partial charge in [0.25, 0.3) is 5.91 Å². The Bertz CT molecular complexity index is 904. The number of carbonyl (C=O) groups is 2. The first-order valence-corrected chi connectivity index (χ1v) is 10.4. The molecule has 0 bridgehead atoms. The molecule has 0 aliphatic carbocycles. The molecule has 2 aromatic rings. The number of amides is 2. The zero-order valence-electron chi connectivity index (χ0n) is 17.5. The predicted octanol–water partition coefficient (Wildman–Crippen LogP) is 1.98. The lowest BCUT2D eigenvalue weighted by molar-refractivity contribution is -0.138. The van der Waals surface area contributed by atoms with Crippen LogP contribution < -0.4 is 4.74 Å². The summed E-state index contributed by atoms with van der Waals surface area (Å²) < 4.78 is 10.6. The second-order valence-corrected chi connectivity index (χ2v) is 8.03. The van der Waals surface area contributed by atoms with Crippen LogP contribution in [0.3, 0.4) is 0 Å². The van der Waals surface area contributed by atoms with Crippen molar-refractivity contribution in [3.8, 4) is 17.1 Å². The molecule has 8 heteroatoms. The summed E-state index contributed by atoms with van der Waals surface area (Å²) in [7, 11) is 3.67. The van der Waals surface area contributed by atoms with Crippen LogP contribution in [0.25, 0.3) is 11.3 Å². The number of rotatable bonds is 4. The van der Waals surface area contributed by atoms with Gasteiger partial charge >= 0.3 is 0 Å². The smallest absolute Gasteiger partial charge is 0.276 e. The van der Waals surface area contributed by atoms with Crippen molar-refractivity contribution in [1.29, 1.82) is 0 Å². The van der Waals surface area contributed by atoms with Gasteiger partial charge in [-0.15, -0.1) is 0 Å². The quantitative estimate of drug-likeness (QED) is 0.764. The summed E-state index contributed by atoms with van der Waals surface area (Å²) in [6, 6.07) is 9.07. The molecule has 0 N–H and O–H groups in total. The molecule has 0 radical (unpaired) electrons. The fourth-order valence-corrected chi connectivity index (χ4v) is 4.10. The lowest BCUT2D eigenvalue weighted by Gasteiger charge is -2.37. The SMILES string of the molecule is COc1cccc(-c2cc(C(=O)N3CCC[C@@H](C(=O)N4CCN(C)CC4)C3)no2)c1. The molecule has 0 spiro atoms. The van der Waals surface area contributed by atoms with Crippen molar-refractivity contribution in [2.45, 2.75) is 12.8 Å². The number of carbonyl (C=O) groups excluding carboxylic acids is 2. The van der Waals surface area contributed by atoms with Crippen molar-refractivity contribution in [3.05, 3.63) is 36.0 Å². The Morgan fingerprint density at radius 3 is 2.67 bits per heavy atom. The molecule has 30 heavy (non-hydrogen) atoms. The molecular formula is C22H28N4O4. The fraction of sp³-hybridized carbons (Fsp3) is 0.500. The Balaban J connectivity index is 1.42. The summed E-state index contributed by atoms with van der Waals surface area (Å²) in [5, 5.41) is 3.98. The van der Waals surface area contributed by atoms with E-state index in [1.165, 1.54) is 0 Å². The van der Waals surface area contributed by atoms with Gasteiger partial charge in [0.2, 0.25) is 5.91 Å². The van der Waals surface area contributed by atoms with Gasteiger partial charge < -0.3 is 24.0 Å². The van der Waals surface area contributed by atoms with E-state index in [4.69, 9.17) is 9.26 Å². The summed E-state index contributed by atoms with van der Waals surface area (Å²) in [6.07, 6.45) is 1.64. The number of likely N-dealkylation sites (tertiary alicyclic amines) is 1. The Morgan fingerprint density at radius 1 is 1.10 bits per heavy atom. The van der Waals surface area contributed by atoms with Gasteiger partial charge in [0.15, 0.2) is 11.5 Å². The normalized spacial score (nSPS) is 20.3. The fourth-order valence-electron chi connectivity index (χ4n) is 4.10. The zero-order valence-corrected chi connectivity index (χ0v) is 17.5. The van der Waals surface area contributed by atoms with Crippen LogP contribution in [0.15, 0.2) is 34.9 Å². The molecule has 0 unspecified atom stereocenters. The number of hydrogen-bond acceptors (Lipinski definition) is 6. The van der Waals surface area contributed by atoms with Crippen LogP contribution in [0.1, 0.15) is 23.3 Å². The number of aromatic nitrogens is 1. The van der Waals surface area contributed by atoms with Gasteiger partial charge in [-0.1, -0.05) is 17.3 Å². The minimum atomic E-state index is -0.191. The Hall–Kier alpha value is -2.87. The van der Waals surface area contributed by atoms with Gasteiger partial charge in [0.05, 0.1) is 13.0 Å². The second-order valence-electron chi connectivity index (χ2n) is 8.03. The lowest BCUT2D eigenvalue weighted by atomic mass is 9.96. The average Bonchev–Trinajstić information content (AvgIpc) is 3.29. The summed E-state index contributed by atoms with van der Waals surface area (Å²) in [5.41, 5.74) is 1.06. The molecular weight excluding hydrogens is 384 g/mol. The third-order valence-electron chi connectivity index (χ3n) is 5.96. The molecule has 3 heterocycles. The molecule has 1 aromatic heterocycles. The highest BCUT2D eigenvalue weighted by atomic mass is 16.5. The van der Waals surface area contributed by atoms with Crippen molar-refractivity contribution >= 4 is 11.8 Å². The lowest BCUT2D eigenvalue weighted by Crippen LogP contribution is -2.52. The Kier molecular flexibility index (Phi) is 6.03. The van der Waals surface area contributed by atoms with Crippen molar-refractivity contribution in [1.82, 2.24) is 19.9 Å². The maximum Gasteiger partial charge on any atom is 0.276 e. The van der Waals surface area contributed by atoms with Crippen molar-refractivity contribution in [2.24, 2.45) is 5.92 Å². The van der Waals surface area contributed by atoms with Gasteiger partial charge in [0, 0.05) is 50.9 Å². The molecule has 1 aromatic carbocycles. The van der Waals surface area contributed by atoms with E-state index in [0.29, 0.717) is 24.6 Å². The van der Waals surface area contributed by atoms with Gasteiger partial charge in [-0.05, 0) is 32.0 Å². The molecule has 2 aliphatic rings. The number of nitrogens with zero attached hydrogens (tertiary/aromatic N) is 4. The van der Waals surface area contributed by atoms with E-state index in [0.717, 1.165) is 44.6 Å². The number of piperidine rings is 1. The maximum atomic E-state index is 13.0. The summed E-state index contributed by atoms with van der Waals surface area (Å²) in [5.74, 6) is 1.05. The Labute approximate surface area is 176 Å². The standard InChI is InChI=1S/C22H28N4O4/c1-24-9-11-25(12-10-24)21(27)17-6-4-8-26(15-17)22(28)19-14-20(30-23-19)16-5-3-7-18(13-16)29-2/h3,5,7,13-14,17H,4,6,8-12,15H2,1-2H3/t17-/m1/s1. The number of benzene rings is 1. The van der Waals surface area contributed by atoms with Crippen LogP contribution in [-0.4, -0.2) is 85.1 Å². The first kappa shape index (κ1) is 20.4. The third-order valence-corrected chi connectivity index (χ3v) is 5.96. The van der Waals surface area contributed by atoms with Crippen LogP contribution in [0.4, 0.5) is 0 Å². The van der Waals surface area contributed by atoms with Gasteiger partial charge in [-0.3, -0.25) is 9.59 Å². The maximum absolute atomic E-state index is 13.0. The number of likely N-dealkylation sites (N-methyl/N-ethyl adjacent to an activating group) is 1. The van der Waals surface area contributed by atoms with Gasteiger partial charge in [-0.2, -0.15) is 0 Å². The second kappa shape index (κ2) is 8.87. The topological polar surface area (TPSA) is 79.1 Å². The van der Waals surface area contributed by atoms with Crippen molar-refractivity contribution in [3.63, 3.8) is 0 Å². The monoisotopic (exact) mass is 412 g/mol. The average molecular weight is 412 g/mol. The number of hydrogen-bond donors (Lipinski definition) is 0. The molecule has 1 atom stereocenters. The summed E-state index contributed by atoms with van der Waals surface area (Å²) in [4.78, 5) is 31.8. The number of ether oxygens (including phenoxy) is 1. The van der Waals surface area contributed by atoms with E-state index >= 15 is 0 Å². The molecule has 2 fully saturated rings. The van der Waals surface area contributed by atoms with Crippen LogP contribution in [-0.2, 0) is 4.79 Å². The van der Waals surface area contributed by atoms with E-state index < -0.39 is 0 Å². The van der Waals surface area contributed by atoms with Crippen molar-refractivity contribution in [2.75, 3.05) is 53.4 Å². The third kappa shape index (κ3) is 4.33. The minimum Gasteiger partial charge on any atom is -0.497 e. The van der Waals surface area contributed by atoms with E-state index in [-0.39, 0.29) is 23.4 Å². The zero-order chi connectivity index (χ0) is 21.1. The van der Waals surface area contributed by atoms with Gasteiger partial charge in [-0.25, -0.2) is 0 Å². The highest BCUT2D eigenvalue weighted by molar-refractivity contribution is 5.93. The molecule has 2 saturated heterocycles. The van der Waals surface area contributed by atoms with E-state index in [9.17, 15) is 9.59 Å². The first-order valence-electron chi connectivity index (χ1n) is 10.4. The van der Waals surface area contributed by atoms with Gasteiger partial charge in [0.1, 0.15) is 5.75 Å². The predicted molar refractivity (Wildman–Crippen MR) is 111 cm³/mol. The highest BCUT2D eigenvalue weighted by Gasteiger charge is 2.33. The van der Waals surface area contributed by atoms with E-state index in [1.54, 1.807) is 18.1 Å². The summed E-state index contributed by atoms with van der Waals surface area (Å²) in [6.45, 7) is 4.37. The molecule has 8 nitrogen and oxygen atoms in total. The Morgan fingerprint density at radius 2 is 1.90 bits per heavy atom. The molecule has 4 rings (SSSR count). The largest absolute Gasteiger partial charge is 0.497 e. The molecule has 2 aliphatic heterocycles. The van der Waals surface area contributed by atoms with Crippen LogP contribution in [0.2, 0.25) is 0 Å². The van der Waals surface area contributed by atoms with E-state index in [1.807, 2.05) is 29.2 Å². The minimum absolute atomic E-state index is 0.143. The van der Waals surface area contributed by atoms with Crippen LogP contribution in [0.5, 0.6) is 5.75 Å². The van der Waals surface area contributed by atoms with Crippen LogP contribution in [0, 0.1) is 5.92 Å². The summed E-state index contributed by atoms with van der Waals surface area (Å²) >= 11 is 0. The molecule has 160 valence electrons. The molecule has 2 amide bonds. The number of methoxy groups -OCH3 is 1. The molecule has 0 saturated carbocycles. The highest BCUT2D eigenvalue weighted by Crippen LogP contribution is 2.26. The van der Waals surface area contributed by atoms with E-state index in [2.05, 4.69) is 17.1 Å². The number of piperazine rings is 1. The first-order chi connectivity index (χ1) is 14.5. The van der Waals surface area contributed by atoms with Crippen LogP contribution >= 0.6 is 0 Å². The van der Waals surface area contributed by atoms with Crippen molar-refractivity contribution < 1.29 is 18.8 Å².